The van der Waals surface area contributed by atoms with Crippen molar-refractivity contribution in [3.8, 4) is 5.88 Å². The van der Waals surface area contributed by atoms with E-state index in [0.29, 0.717) is 18.1 Å². The van der Waals surface area contributed by atoms with Gasteiger partial charge in [-0.25, -0.2) is 4.98 Å². The summed E-state index contributed by atoms with van der Waals surface area (Å²) in [4.78, 5) is 16.2. The first-order valence-corrected chi connectivity index (χ1v) is 7.43. The Hall–Kier alpha value is -1.99. The molecular weight excluding hydrogens is 290 g/mol. The zero-order valence-corrected chi connectivity index (χ0v) is 12.4. The third kappa shape index (κ3) is 3.56. The maximum atomic E-state index is 12.0. The summed E-state index contributed by atoms with van der Waals surface area (Å²) in [6.07, 6.45) is 2.43. The van der Waals surface area contributed by atoms with Crippen LogP contribution < -0.4 is 10.1 Å². The highest BCUT2D eigenvalue weighted by atomic mass is 32.1. The van der Waals surface area contributed by atoms with Crippen molar-refractivity contribution in [3.63, 3.8) is 0 Å². The number of carbonyl (C=O) groups excluding carboxylic acids is 1. The Balaban J connectivity index is 1.61. The van der Waals surface area contributed by atoms with E-state index in [0.717, 1.165) is 23.7 Å². The van der Waals surface area contributed by atoms with Crippen molar-refractivity contribution < 1.29 is 14.3 Å². The average molecular weight is 305 g/mol. The van der Waals surface area contributed by atoms with E-state index < -0.39 is 0 Å². The van der Waals surface area contributed by atoms with Gasteiger partial charge in [0.2, 0.25) is 5.88 Å². The highest BCUT2D eigenvalue weighted by Gasteiger charge is 2.18. The lowest BCUT2D eigenvalue weighted by Gasteiger charge is -2.10. The molecule has 1 N–H and O–H groups in total. The van der Waals surface area contributed by atoms with E-state index in [1.54, 1.807) is 12.1 Å². The Bertz CT molecular complexity index is 621. The van der Waals surface area contributed by atoms with E-state index in [-0.39, 0.29) is 12.0 Å². The summed E-state index contributed by atoms with van der Waals surface area (Å²) in [5.74, 6) is 0.303. The number of nitrogens with one attached hydrogen (secondary N) is 1. The number of carbonyl (C=O) groups is 1. The van der Waals surface area contributed by atoms with E-state index in [2.05, 4.69) is 14.7 Å². The SMILES string of the molecule is Cc1cc(NC(=O)c2ccc(OC3CCOC3)nc2)sn1. The molecule has 1 saturated heterocycles. The maximum absolute atomic E-state index is 12.0. The van der Waals surface area contributed by atoms with Crippen LogP contribution in [0.4, 0.5) is 5.00 Å². The number of rotatable bonds is 4. The van der Waals surface area contributed by atoms with Gasteiger partial charge in [0.05, 0.1) is 24.5 Å². The zero-order chi connectivity index (χ0) is 14.7. The molecular formula is C14H15N3O3S. The van der Waals surface area contributed by atoms with Crippen LogP contribution in [0.15, 0.2) is 24.4 Å². The summed E-state index contributed by atoms with van der Waals surface area (Å²) in [5, 5.41) is 3.51. The second-order valence-corrected chi connectivity index (χ2v) is 5.58. The quantitative estimate of drug-likeness (QED) is 0.938. The predicted octanol–water partition coefficient (Wildman–Crippen LogP) is 2.27. The summed E-state index contributed by atoms with van der Waals surface area (Å²) >= 11 is 1.26. The van der Waals surface area contributed by atoms with Crippen molar-refractivity contribution in [1.29, 1.82) is 0 Å². The number of amides is 1. The van der Waals surface area contributed by atoms with Gasteiger partial charge in [0.1, 0.15) is 11.1 Å². The number of pyridine rings is 1. The number of hydrogen-bond acceptors (Lipinski definition) is 6. The van der Waals surface area contributed by atoms with Crippen molar-refractivity contribution in [1.82, 2.24) is 9.36 Å². The largest absolute Gasteiger partial charge is 0.472 e. The first-order chi connectivity index (χ1) is 10.2. The van der Waals surface area contributed by atoms with Gasteiger partial charge < -0.3 is 14.8 Å². The second-order valence-electron chi connectivity index (χ2n) is 4.78. The van der Waals surface area contributed by atoms with Crippen molar-refractivity contribution in [2.24, 2.45) is 0 Å². The topological polar surface area (TPSA) is 73.3 Å². The van der Waals surface area contributed by atoms with Crippen molar-refractivity contribution in [3.05, 3.63) is 35.7 Å². The summed E-state index contributed by atoms with van der Waals surface area (Å²) in [6, 6.07) is 5.22. The Labute approximate surface area is 126 Å². The Morgan fingerprint density at radius 3 is 3.05 bits per heavy atom. The third-order valence-corrected chi connectivity index (χ3v) is 3.83. The number of anilines is 1. The minimum atomic E-state index is -0.207. The van der Waals surface area contributed by atoms with Crippen LogP contribution >= 0.6 is 11.5 Å². The van der Waals surface area contributed by atoms with Crippen molar-refractivity contribution in [2.45, 2.75) is 19.4 Å². The van der Waals surface area contributed by atoms with Gasteiger partial charge in [0.15, 0.2) is 0 Å². The fourth-order valence-corrected chi connectivity index (χ4v) is 2.62. The van der Waals surface area contributed by atoms with Gasteiger partial charge >= 0.3 is 0 Å². The fraction of sp³-hybridized carbons (Fsp3) is 0.357. The van der Waals surface area contributed by atoms with Crippen LogP contribution in [0.25, 0.3) is 0 Å². The van der Waals surface area contributed by atoms with Crippen LogP contribution in [0, 0.1) is 6.92 Å². The van der Waals surface area contributed by atoms with Gasteiger partial charge in [-0.15, -0.1) is 0 Å². The summed E-state index contributed by atoms with van der Waals surface area (Å²) in [7, 11) is 0. The van der Waals surface area contributed by atoms with E-state index in [4.69, 9.17) is 9.47 Å². The Morgan fingerprint density at radius 2 is 2.43 bits per heavy atom. The van der Waals surface area contributed by atoms with Gasteiger partial charge in [-0.05, 0) is 30.6 Å². The first-order valence-electron chi connectivity index (χ1n) is 6.66. The van der Waals surface area contributed by atoms with Crippen LogP contribution in [-0.2, 0) is 4.74 Å². The number of ether oxygens (including phenoxy) is 2. The molecule has 21 heavy (non-hydrogen) atoms. The normalized spacial score (nSPS) is 17.7. The Kier molecular flexibility index (Phi) is 4.12. The van der Waals surface area contributed by atoms with Gasteiger partial charge in [-0.3, -0.25) is 4.79 Å². The monoisotopic (exact) mass is 305 g/mol. The molecule has 1 fully saturated rings. The van der Waals surface area contributed by atoms with Crippen LogP contribution in [0.2, 0.25) is 0 Å². The molecule has 110 valence electrons. The average Bonchev–Trinajstić information content (AvgIpc) is 3.12. The molecule has 7 heteroatoms. The highest BCUT2D eigenvalue weighted by molar-refractivity contribution is 7.10. The van der Waals surface area contributed by atoms with Gasteiger partial charge in [-0.1, -0.05) is 0 Å². The molecule has 0 radical (unpaired) electrons. The van der Waals surface area contributed by atoms with E-state index in [1.807, 2.05) is 13.0 Å². The second kappa shape index (κ2) is 6.19. The molecule has 1 aliphatic rings. The van der Waals surface area contributed by atoms with E-state index in [1.165, 1.54) is 17.7 Å². The molecule has 0 saturated carbocycles. The molecule has 3 rings (SSSR count). The molecule has 2 aromatic heterocycles. The molecule has 1 unspecified atom stereocenters. The summed E-state index contributed by atoms with van der Waals surface area (Å²) < 4.78 is 15.0. The van der Waals surface area contributed by atoms with Gasteiger partial charge in [-0.2, -0.15) is 4.37 Å². The standard InChI is InChI=1S/C14H15N3O3S/c1-9-6-13(21-17-9)16-14(18)10-2-3-12(15-7-10)20-11-4-5-19-8-11/h2-3,6-7,11H,4-5,8H2,1H3,(H,16,18). The minimum absolute atomic E-state index is 0.0531. The van der Waals surface area contributed by atoms with E-state index >= 15 is 0 Å². The molecule has 1 atom stereocenters. The van der Waals surface area contributed by atoms with Crippen molar-refractivity contribution in [2.75, 3.05) is 18.5 Å². The minimum Gasteiger partial charge on any atom is -0.472 e. The molecule has 1 aliphatic heterocycles. The third-order valence-electron chi connectivity index (χ3n) is 3.04. The lowest BCUT2D eigenvalue weighted by molar-refractivity contribution is 0.102. The summed E-state index contributed by atoms with van der Waals surface area (Å²) in [5.41, 5.74) is 1.37. The van der Waals surface area contributed by atoms with Gasteiger partial charge in [0, 0.05) is 18.7 Å². The number of aromatic nitrogens is 2. The van der Waals surface area contributed by atoms with Crippen LogP contribution in [0.3, 0.4) is 0 Å². The van der Waals surface area contributed by atoms with Crippen LogP contribution in [-0.4, -0.2) is 34.6 Å². The molecule has 2 aromatic rings. The molecule has 0 aliphatic carbocycles. The molecule has 6 nitrogen and oxygen atoms in total. The number of hydrogen-bond donors (Lipinski definition) is 1. The molecule has 3 heterocycles. The Morgan fingerprint density at radius 1 is 1.52 bits per heavy atom. The molecule has 0 bridgehead atoms. The molecule has 0 aromatic carbocycles. The van der Waals surface area contributed by atoms with E-state index in [9.17, 15) is 4.79 Å². The van der Waals surface area contributed by atoms with Crippen LogP contribution in [0.5, 0.6) is 5.88 Å². The first kappa shape index (κ1) is 14.0. The number of nitrogens with zero attached hydrogens (tertiary/aromatic N) is 2. The summed E-state index contributed by atoms with van der Waals surface area (Å²) in [6.45, 7) is 3.20. The maximum Gasteiger partial charge on any atom is 0.257 e. The fourth-order valence-electron chi connectivity index (χ4n) is 1.97. The predicted molar refractivity (Wildman–Crippen MR) is 78.9 cm³/mol. The molecule has 1 amide bonds. The number of aryl methyl sites for hydroxylation is 1. The lowest BCUT2D eigenvalue weighted by Crippen LogP contribution is -2.17. The van der Waals surface area contributed by atoms with Gasteiger partial charge in [0.25, 0.3) is 5.91 Å². The molecule has 0 spiro atoms. The highest BCUT2D eigenvalue weighted by Crippen LogP contribution is 2.18. The zero-order valence-electron chi connectivity index (χ0n) is 11.5. The van der Waals surface area contributed by atoms with Crippen molar-refractivity contribution >= 4 is 22.4 Å². The van der Waals surface area contributed by atoms with Crippen LogP contribution in [0.1, 0.15) is 22.5 Å². The smallest absolute Gasteiger partial charge is 0.257 e. The lowest BCUT2D eigenvalue weighted by atomic mass is 10.2.